The molecule has 2 heterocycles. The molecular weight excluding hydrogens is 468 g/mol. The zero-order chi connectivity index (χ0) is 25.9. The minimum Gasteiger partial charge on any atom is -0.480 e. The molecule has 1 aliphatic rings. The number of rotatable bonds is 8. The quantitative estimate of drug-likeness (QED) is 0.436. The van der Waals surface area contributed by atoms with Crippen LogP contribution in [0.5, 0.6) is 0 Å². The Hall–Kier alpha value is -2.82. The number of carbonyl (C=O) groups is 3. The van der Waals surface area contributed by atoms with Crippen molar-refractivity contribution >= 4 is 29.1 Å². The van der Waals surface area contributed by atoms with Crippen molar-refractivity contribution in [2.75, 3.05) is 13.1 Å². The molecule has 190 valence electrons. The number of carbonyl (C=O) groups excluding carboxylic acids is 2. The van der Waals surface area contributed by atoms with Gasteiger partial charge in [0.1, 0.15) is 6.04 Å². The molecule has 0 aliphatic carbocycles. The van der Waals surface area contributed by atoms with Crippen molar-refractivity contribution in [3.05, 3.63) is 41.0 Å². The van der Waals surface area contributed by atoms with E-state index in [0.29, 0.717) is 0 Å². The molecule has 35 heavy (non-hydrogen) atoms. The second-order valence-corrected chi connectivity index (χ2v) is 10.9. The lowest BCUT2D eigenvalue weighted by Gasteiger charge is -2.35. The summed E-state index contributed by atoms with van der Waals surface area (Å²) in [6.07, 6.45) is -0.698. The van der Waals surface area contributed by atoms with Gasteiger partial charge in [-0.25, -0.2) is 4.98 Å². The van der Waals surface area contributed by atoms with Gasteiger partial charge in [0.15, 0.2) is 0 Å². The maximum absolute atomic E-state index is 13.4. The summed E-state index contributed by atoms with van der Waals surface area (Å²) in [7, 11) is 0. The van der Waals surface area contributed by atoms with E-state index in [1.165, 1.54) is 4.90 Å². The van der Waals surface area contributed by atoms with Crippen molar-refractivity contribution in [2.45, 2.75) is 65.3 Å². The Morgan fingerprint density at radius 3 is 2.43 bits per heavy atom. The molecule has 10 heteroatoms. The van der Waals surface area contributed by atoms with Crippen LogP contribution in [0, 0.1) is 12.3 Å². The average Bonchev–Trinajstić information content (AvgIpc) is 3.38. The SMILES string of the molecule is Cc1ncsc1-c1ccc([C@H](C)NC(=O)[C@@H]2C[C@@H](O)CN2C(=O)C(NCC(=O)O)C(C)(C)C)cc1. The van der Waals surface area contributed by atoms with Gasteiger partial charge in [0, 0.05) is 13.0 Å². The summed E-state index contributed by atoms with van der Waals surface area (Å²) < 4.78 is 0. The number of hydrogen-bond acceptors (Lipinski definition) is 7. The number of β-amino-alcohol motifs (C(OH)–C–C–N with tert-alkyl or cyclic N) is 1. The molecule has 0 radical (unpaired) electrons. The number of nitrogens with zero attached hydrogens (tertiary/aromatic N) is 2. The molecule has 0 saturated carbocycles. The number of aliphatic hydroxyl groups is 1. The molecule has 1 aromatic heterocycles. The molecule has 1 unspecified atom stereocenters. The fraction of sp³-hybridized carbons (Fsp3) is 0.520. The number of likely N-dealkylation sites (tertiary alicyclic amines) is 1. The van der Waals surface area contributed by atoms with Crippen LogP contribution in [0.1, 0.15) is 51.4 Å². The second-order valence-electron chi connectivity index (χ2n) is 10.1. The Balaban J connectivity index is 1.71. The van der Waals surface area contributed by atoms with Crippen molar-refractivity contribution in [3.63, 3.8) is 0 Å². The molecule has 1 fully saturated rings. The van der Waals surface area contributed by atoms with Crippen LogP contribution in [0.4, 0.5) is 0 Å². The van der Waals surface area contributed by atoms with E-state index in [4.69, 9.17) is 5.11 Å². The van der Waals surface area contributed by atoms with Crippen LogP contribution in [0.2, 0.25) is 0 Å². The van der Waals surface area contributed by atoms with Gasteiger partial charge in [0.05, 0.1) is 40.8 Å². The lowest BCUT2D eigenvalue weighted by molar-refractivity contribution is -0.143. The zero-order valence-corrected chi connectivity index (χ0v) is 21.6. The number of aryl methyl sites for hydroxylation is 1. The number of aliphatic hydroxyl groups excluding tert-OH is 1. The third kappa shape index (κ3) is 6.45. The summed E-state index contributed by atoms with van der Waals surface area (Å²) in [6.45, 7) is 8.95. The van der Waals surface area contributed by atoms with Crippen molar-refractivity contribution in [1.82, 2.24) is 20.5 Å². The van der Waals surface area contributed by atoms with Gasteiger partial charge < -0.3 is 20.4 Å². The molecule has 1 saturated heterocycles. The minimum atomic E-state index is -1.08. The second kappa shape index (κ2) is 10.8. The Morgan fingerprint density at radius 2 is 1.89 bits per heavy atom. The maximum Gasteiger partial charge on any atom is 0.317 e. The first-order valence-electron chi connectivity index (χ1n) is 11.6. The summed E-state index contributed by atoms with van der Waals surface area (Å²) in [5, 5.41) is 25.1. The number of aliphatic carboxylic acids is 1. The van der Waals surface area contributed by atoms with Crippen molar-refractivity contribution in [1.29, 1.82) is 0 Å². The molecule has 2 aromatic rings. The van der Waals surface area contributed by atoms with E-state index in [1.54, 1.807) is 11.3 Å². The first-order chi connectivity index (χ1) is 16.4. The standard InChI is InChI=1S/C25H34N4O5S/c1-14(16-6-8-17(9-7-16)21-15(2)27-13-35-21)28-23(33)19-10-18(30)12-29(19)24(34)22(25(3,4)5)26-11-20(31)32/h6-9,13-14,18-19,22,26,30H,10-12H2,1-5H3,(H,28,33)(H,31,32)/t14-,18+,19-,22?/m0/s1. The van der Waals surface area contributed by atoms with Crippen molar-refractivity contribution < 1.29 is 24.6 Å². The topological polar surface area (TPSA) is 132 Å². The van der Waals surface area contributed by atoms with Gasteiger partial charge in [0.25, 0.3) is 0 Å². The number of aromatic nitrogens is 1. The van der Waals surface area contributed by atoms with Gasteiger partial charge in [-0.15, -0.1) is 11.3 Å². The zero-order valence-electron chi connectivity index (χ0n) is 20.7. The first-order valence-corrected chi connectivity index (χ1v) is 12.5. The molecule has 1 aromatic carbocycles. The van der Waals surface area contributed by atoms with E-state index >= 15 is 0 Å². The highest BCUT2D eigenvalue weighted by Crippen LogP contribution is 2.29. The largest absolute Gasteiger partial charge is 0.480 e. The van der Waals surface area contributed by atoms with E-state index in [1.807, 2.05) is 64.4 Å². The van der Waals surface area contributed by atoms with Crippen LogP contribution >= 0.6 is 11.3 Å². The number of carboxylic acids is 1. The number of carboxylic acid groups (broad SMARTS) is 1. The average molecular weight is 503 g/mol. The Kier molecular flexibility index (Phi) is 8.30. The summed E-state index contributed by atoms with van der Waals surface area (Å²) in [6, 6.07) is 5.94. The fourth-order valence-electron chi connectivity index (χ4n) is 4.32. The molecule has 9 nitrogen and oxygen atoms in total. The van der Waals surface area contributed by atoms with E-state index in [9.17, 15) is 19.5 Å². The lowest BCUT2D eigenvalue weighted by Crippen LogP contribution is -2.57. The fourth-order valence-corrected chi connectivity index (χ4v) is 5.13. The lowest BCUT2D eigenvalue weighted by atomic mass is 9.85. The summed E-state index contributed by atoms with van der Waals surface area (Å²) in [4.78, 5) is 44.4. The van der Waals surface area contributed by atoms with Crippen LogP contribution in [-0.4, -0.2) is 69.2 Å². The monoisotopic (exact) mass is 502 g/mol. The molecule has 1 aliphatic heterocycles. The van der Waals surface area contributed by atoms with Gasteiger partial charge in [-0.05, 0) is 30.4 Å². The highest BCUT2D eigenvalue weighted by molar-refractivity contribution is 7.13. The third-order valence-electron chi connectivity index (χ3n) is 6.21. The minimum absolute atomic E-state index is 0.0233. The highest BCUT2D eigenvalue weighted by Gasteiger charge is 2.44. The molecule has 2 amide bonds. The molecule has 4 N–H and O–H groups in total. The van der Waals surface area contributed by atoms with E-state index in [-0.39, 0.29) is 31.5 Å². The van der Waals surface area contributed by atoms with Gasteiger partial charge in [-0.3, -0.25) is 19.7 Å². The third-order valence-corrected chi connectivity index (χ3v) is 7.19. The number of thiazole rings is 1. The highest BCUT2D eigenvalue weighted by atomic mass is 32.1. The van der Waals surface area contributed by atoms with Crippen LogP contribution in [0.15, 0.2) is 29.8 Å². The Morgan fingerprint density at radius 1 is 1.23 bits per heavy atom. The van der Waals surface area contributed by atoms with Gasteiger partial charge in [-0.1, -0.05) is 45.0 Å². The van der Waals surface area contributed by atoms with Crippen LogP contribution in [-0.2, 0) is 14.4 Å². The molecule has 3 rings (SSSR count). The Bertz CT molecular complexity index is 1060. The molecular formula is C25H34N4O5S. The molecule has 0 bridgehead atoms. The maximum atomic E-state index is 13.4. The Labute approximate surface area is 209 Å². The number of benzene rings is 1. The summed E-state index contributed by atoms with van der Waals surface area (Å²) >= 11 is 1.58. The smallest absolute Gasteiger partial charge is 0.317 e. The van der Waals surface area contributed by atoms with Gasteiger partial charge in [-0.2, -0.15) is 0 Å². The van der Waals surface area contributed by atoms with E-state index in [0.717, 1.165) is 21.7 Å². The molecule has 0 spiro atoms. The van der Waals surface area contributed by atoms with E-state index < -0.39 is 35.5 Å². The van der Waals surface area contributed by atoms with Crippen LogP contribution < -0.4 is 10.6 Å². The molecule has 4 atom stereocenters. The predicted molar refractivity (Wildman–Crippen MR) is 134 cm³/mol. The number of hydrogen-bond donors (Lipinski definition) is 4. The van der Waals surface area contributed by atoms with Crippen LogP contribution in [0.3, 0.4) is 0 Å². The van der Waals surface area contributed by atoms with Crippen molar-refractivity contribution in [3.8, 4) is 10.4 Å². The number of nitrogens with one attached hydrogen (secondary N) is 2. The van der Waals surface area contributed by atoms with E-state index in [2.05, 4.69) is 15.6 Å². The van der Waals surface area contributed by atoms with Crippen molar-refractivity contribution in [2.24, 2.45) is 5.41 Å². The normalized spacial score (nSPS) is 19.9. The summed E-state index contributed by atoms with van der Waals surface area (Å²) in [5.41, 5.74) is 4.17. The summed E-state index contributed by atoms with van der Waals surface area (Å²) in [5.74, 6) is -1.82. The number of amides is 2. The van der Waals surface area contributed by atoms with Gasteiger partial charge >= 0.3 is 5.97 Å². The predicted octanol–water partition coefficient (Wildman–Crippen LogP) is 2.35. The van der Waals surface area contributed by atoms with Gasteiger partial charge in [0.2, 0.25) is 11.8 Å². The first kappa shape index (κ1) is 26.8. The van der Waals surface area contributed by atoms with Crippen LogP contribution in [0.25, 0.3) is 10.4 Å².